The van der Waals surface area contributed by atoms with E-state index >= 15 is 0 Å². The Hall–Kier alpha value is -1.60. The predicted octanol–water partition coefficient (Wildman–Crippen LogP) is 3.35. The maximum atomic E-state index is 14.1. The third-order valence-electron chi connectivity index (χ3n) is 4.17. The van der Waals surface area contributed by atoms with Gasteiger partial charge in [0.1, 0.15) is 12.2 Å². The van der Waals surface area contributed by atoms with Crippen molar-refractivity contribution < 1.29 is 13.9 Å². The van der Waals surface area contributed by atoms with Crippen molar-refractivity contribution in [2.24, 2.45) is 0 Å². The lowest BCUT2D eigenvalue weighted by molar-refractivity contribution is -0.0521. The molecular weight excluding hydrogens is 257 g/mol. The molecule has 0 radical (unpaired) electrons. The Morgan fingerprint density at radius 3 is 2.95 bits per heavy atom. The zero-order valence-electron chi connectivity index (χ0n) is 11.6. The number of nitrogens with zero attached hydrogens (tertiary/aromatic N) is 1. The lowest BCUT2D eigenvalue weighted by Crippen LogP contribution is -2.34. The summed E-state index contributed by atoms with van der Waals surface area (Å²) >= 11 is 0. The Kier molecular flexibility index (Phi) is 3.39. The van der Waals surface area contributed by atoms with Crippen LogP contribution in [0.3, 0.4) is 0 Å². The van der Waals surface area contributed by atoms with Crippen LogP contribution in [0.4, 0.5) is 4.39 Å². The van der Waals surface area contributed by atoms with Crippen molar-refractivity contribution >= 4 is 0 Å². The standard InChI is InChI=1S/C16H18FNO2/c1-2-11-7-12(10-18)15(14(17)8-11)20-13-3-6-19-16(9-13)4-5-16/h7-8,13H,2-6,9H2,1H3. The molecule has 0 amide bonds. The molecule has 1 saturated carbocycles. The number of aryl methyl sites for hydroxylation is 1. The number of ether oxygens (including phenoxy) is 2. The van der Waals surface area contributed by atoms with E-state index in [1.165, 1.54) is 6.07 Å². The summed E-state index contributed by atoms with van der Waals surface area (Å²) in [5.74, 6) is -0.329. The van der Waals surface area contributed by atoms with Crippen LogP contribution in [0.5, 0.6) is 5.75 Å². The SMILES string of the molecule is CCc1cc(F)c(OC2CCOC3(CC3)C2)c(C#N)c1. The third-order valence-corrected chi connectivity index (χ3v) is 4.17. The largest absolute Gasteiger partial charge is 0.486 e. The summed E-state index contributed by atoms with van der Waals surface area (Å²) in [6.45, 7) is 2.59. The molecule has 3 nitrogen and oxygen atoms in total. The van der Waals surface area contributed by atoms with Crippen LogP contribution in [-0.2, 0) is 11.2 Å². The predicted molar refractivity (Wildman–Crippen MR) is 72.1 cm³/mol. The molecule has 3 rings (SSSR count). The highest BCUT2D eigenvalue weighted by atomic mass is 19.1. The van der Waals surface area contributed by atoms with Crippen LogP contribution in [0.25, 0.3) is 0 Å². The summed E-state index contributed by atoms with van der Waals surface area (Å²) in [5, 5.41) is 9.19. The normalized spacial score (nSPS) is 23.4. The zero-order valence-corrected chi connectivity index (χ0v) is 11.6. The highest BCUT2D eigenvalue weighted by Gasteiger charge is 2.48. The first kappa shape index (κ1) is 13.4. The van der Waals surface area contributed by atoms with Crippen molar-refractivity contribution in [2.75, 3.05) is 6.61 Å². The number of rotatable bonds is 3. The van der Waals surface area contributed by atoms with E-state index in [4.69, 9.17) is 9.47 Å². The van der Waals surface area contributed by atoms with Gasteiger partial charge in [0.05, 0.1) is 17.8 Å². The third kappa shape index (κ3) is 2.51. The molecular formula is C16H18FNO2. The van der Waals surface area contributed by atoms with E-state index in [0.29, 0.717) is 13.0 Å². The fourth-order valence-electron chi connectivity index (χ4n) is 2.79. The van der Waals surface area contributed by atoms with Crippen molar-refractivity contribution in [3.63, 3.8) is 0 Å². The Morgan fingerprint density at radius 1 is 1.50 bits per heavy atom. The second-order valence-corrected chi connectivity index (χ2v) is 5.68. The Bertz CT molecular complexity index is 560. The number of benzene rings is 1. The molecule has 0 bridgehead atoms. The topological polar surface area (TPSA) is 42.2 Å². The molecule has 1 aromatic rings. The molecule has 106 valence electrons. The molecule has 1 unspecified atom stereocenters. The minimum absolute atomic E-state index is 0.0183. The lowest BCUT2D eigenvalue weighted by atomic mass is 10.0. The Labute approximate surface area is 118 Å². The van der Waals surface area contributed by atoms with Crippen LogP contribution < -0.4 is 4.74 Å². The Morgan fingerprint density at radius 2 is 2.30 bits per heavy atom. The highest BCUT2D eigenvalue weighted by Crippen LogP contribution is 2.47. The summed E-state index contributed by atoms with van der Waals surface area (Å²) in [6.07, 6.45) is 4.32. The second kappa shape index (κ2) is 5.06. The second-order valence-electron chi connectivity index (χ2n) is 5.68. The van der Waals surface area contributed by atoms with E-state index < -0.39 is 5.82 Å². The molecule has 20 heavy (non-hydrogen) atoms. The molecule has 1 saturated heterocycles. The van der Waals surface area contributed by atoms with E-state index in [9.17, 15) is 9.65 Å². The van der Waals surface area contributed by atoms with Gasteiger partial charge in [-0.25, -0.2) is 4.39 Å². The molecule has 1 aliphatic carbocycles. The van der Waals surface area contributed by atoms with Crippen LogP contribution in [0.1, 0.15) is 43.7 Å². The number of halogens is 1. The van der Waals surface area contributed by atoms with E-state index in [2.05, 4.69) is 0 Å². The molecule has 1 atom stereocenters. The molecule has 2 aliphatic rings. The van der Waals surface area contributed by atoms with Gasteiger partial charge < -0.3 is 9.47 Å². The average molecular weight is 275 g/mol. The zero-order chi connectivity index (χ0) is 14.2. The van der Waals surface area contributed by atoms with Gasteiger partial charge in [-0.3, -0.25) is 0 Å². The van der Waals surface area contributed by atoms with Gasteiger partial charge in [-0.05, 0) is 37.0 Å². The molecule has 1 heterocycles. The van der Waals surface area contributed by atoms with Gasteiger partial charge in [0.25, 0.3) is 0 Å². The van der Waals surface area contributed by atoms with Gasteiger partial charge in [0.2, 0.25) is 0 Å². The van der Waals surface area contributed by atoms with E-state index in [-0.39, 0.29) is 23.0 Å². The van der Waals surface area contributed by atoms with Gasteiger partial charge >= 0.3 is 0 Å². The maximum Gasteiger partial charge on any atom is 0.173 e. The van der Waals surface area contributed by atoms with E-state index in [1.54, 1.807) is 6.07 Å². The molecule has 0 N–H and O–H groups in total. The van der Waals surface area contributed by atoms with E-state index in [1.807, 2.05) is 13.0 Å². The van der Waals surface area contributed by atoms with Crippen LogP contribution in [0, 0.1) is 17.1 Å². The summed E-state index contributed by atoms with van der Waals surface area (Å²) in [5.41, 5.74) is 1.09. The first-order chi connectivity index (χ1) is 9.65. The smallest absolute Gasteiger partial charge is 0.173 e. The summed E-state index contributed by atoms with van der Waals surface area (Å²) in [4.78, 5) is 0. The van der Waals surface area contributed by atoms with Gasteiger partial charge in [0, 0.05) is 12.8 Å². The minimum atomic E-state index is -0.433. The van der Waals surface area contributed by atoms with Crippen molar-refractivity contribution in [2.45, 2.75) is 50.7 Å². The minimum Gasteiger partial charge on any atom is -0.486 e. The monoisotopic (exact) mass is 275 g/mol. The van der Waals surface area contributed by atoms with Gasteiger partial charge in [-0.2, -0.15) is 5.26 Å². The number of hydrogen-bond acceptors (Lipinski definition) is 3. The summed E-state index contributed by atoms with van der Waals surface area (Å²) in [7, 11) is 0. The molecule has 1 aromatic carbocycles. The van der Waals surface area contributed by atoms with Crippen molar-refractivity contribution in [3.05, 3.63) is 29.1 Å². The first-order valence-corrected chi connectivity index (χ1v) is 7.19. The number of hydrogen-bond donors (Lipinski definition) is 0. The van der Waals surface area contributed by atoms with Crippen LogP contribution >= 0.6 is 0 Å². The fourth-order valence-corrected chi connectivity index (χ4v) is 2.79. The first-order valence-electron chi connectivity index (χ1n) is 7.19. The maximum absolute atomic E-state index is 14.1. The van der Waals surface area contributed by atoms with Crippen molar-refractivity contribution in [3.8, 4) is 11.8 Å². The summed E-state index contributed by atoms with van der Waals surface area (Å²) in [6, 6.07) is 5.21. The molecule has 4 heteroatoms. The fraction of sp³-hybridized carbons (Fsp3) is 0.562. The quantitative estimate of drug-likeness (QED) is 0.849. The number of nitriles is 1. The molecule has 1 aliphatic heterocycles. The average Bonchev–Trinajstić information content (AvgIpc) is 3.19. The Balaban J connectivity index is 1.81. The van der Waals surface area contributed by atoms with Crippen LogP contribution in [0.2, 0.25) is 0 Å². The summed E-state index contributed by atoms with van der Waals surface area (Å²) < 4.78 is 25.7. The molecule has 2 fully saturated rings. The van der Waals surface area contributed by atoms with Gasteiger partial charge in [-0.15, -0.1) is 0 Å². The van der Waals surface area contributed by atoms with Crippen LogP contribution in [-0.4, -0.2) is 18.3 Å². The highest BCUT2D eigenvalue weighted by molar-refractivity contribution is 5.46. The van der Waals surface area contributed by atoms with Crippen molar-refractivity contribution in [1.29, 1.82) is 5.26 Å². The van der Waals surface area contributed by atoms with Crippen molar-refractivity contribution in [1.82, 2.24) is 0 Å². The van der Waals surface area contributed by atoms with Crippen LogP contribution in [0.15, 0.2) is 12.1 Å². The van der Waals surface area contributed by atoms with E-state index in [0.717, 1.165) is 31.2 Å². The van der Waals surface area contributed by atoms with Gasteiger partial charge in [0.15, 0.2) is 11.6 Å². The molecule has 0 aromatic heterocycles. The van der Waals surface area contributed by atoms with Gasteiger partial charge in [-0.1, -0.05) is 6.92 Å². The lowest BCUT2D eigenvalue weighted by Gasteiger charge is -2.30. The molecule has 1 spiro atoms.